The second kappa shape index (κ2) is 55.3. The van der Waals surface area contributed by atoms with Crippen LogP contribution in [0.4, 0.5) is 104 Å². The minimum Gasteiger partial charge on any atom is -0.495 e. The van der Waals surface area contributed by atoms with E-state index in [1.165, 1.54) is 44.0 Å². The van der Waals surface area contributed by atoms with Crippen molar-refractivity contribution in [3.05, 3.63) is 269 Å². The Kier molecular flexibility index (Phi) is 44.8. The number of carbonyl (C=O) groups is 2. The molecule has 9 aromatic carbocycles. The number of pyridine rings is 1. The van der Waals surface area contributed by atoms with Crippen LogP contribution in [0.1, 0.15) is 92.6 Å². The number of benzene rings is 9. The number of piperidine rings is 2. The first-order valence-corrected chi connectivity index (χ1v) is 57.9. The van der Waals surface area contributed by atoms with Crippen molar-refractivity contribution in [1.82, 2.24) is 55.1 Å². The molecule has 0 saturated carbocycles. The number of methoxy groups -OCH3 is 4. The topological polar surface area (TPSA) is 409 Å². The first-order chi connectivity index (χ1) is 68.9. The lowest BCUT2D eigenvalue weighted by molar-refractivity contribution is -0.125. The SMILES string of the molecule is C.C.C.C.C.C.COc1cc(-c2ccc(C(N)=O)cc2)c(C)cc1Nc1ncc(Cl)c(Nc2ccccc2P(C)(C)=O)n1.COc1cc(N2CCC(N3CCNC(=O)C3)CC2)ccc1Nc1ncc(Cl)c(Nc2ccccc2P(C)(C)=O)n1.COc1cc(N2CCCCC2)ccc1Nc1ncc(Cl)c(Nc2ccccc2P(C)(C)=O)n1.COc1cc(Oc2cccnc2)ccc1Nc1ncc(Cl)c(Nc2ccccc2P(C)(C)=O)n1. The van der Waals surface area contributed by atoms with Crippen molar-refractivity contribution in [2.75, 3.05) is 180 Å². The third-order valence-electron chi connectivity index (χ3n) is 23.5. The number of carbonyl (C=O) groups excluding carboxylic acids is 2. The van der Waals surface area contributed by atoms with E-state index >= 15 is 0 Å². The second-order valence-corrected chi connectivity index (χ2v) is 49.7. The first kappa shape index (κ1) is 122. The molecule has 3 fully saturated rings. The quantitative estimate of drug-likeness (QED) is 0.0180. The number of para-hydroxylation sites is 4. The van der Waals surface area contributed by atoms with Gasteiger partial charge in [-0.1, -0.05) is 152 Å². The number of nitrogens with one attached hydrogen (secondary N) is 9. The lowest BCUT2D eigenvalue weighted by atomic mass is 9.98. The molecule has 0 bridgehead atoms. The van der Waals surface area contributed by atoms with Crippen LogP contribution in [0.25, 0.3) is 11.1 Å². The van der Waals surface area contributed by atoms with E-state index in [9.17, 15) is 27.8 Å². The van der Waals surface area contributed by atoms with Gasteiger partial charge in [0, 0.05) is 108 Å². The summed E-state index contributed by atoms with van der Waals surface area (Å²) in [5, 5.41) is 32.8. The standard InChI is InChI=1S/C28H35ClN7O3P.C27H27ClN5O3P.C24H23ClN5O3P.C24H29ClN5O2P.6CH4/c1-39-24-16-20(35-13-10-19(11-14-35)36-15-12-30-26(37)18-36)8-9-22(24)33-28-31-17-21(29)27(34-28)32-23-6-4-5-7-25(23)40(2,3)38;1-16-13-22(23(36-2)14-19(16)17-9-11-18(12-10-17)25(29)34)32-27-30-15-20(28)26(33-27)31-21-7-5-6-8-24(21)37(3,4)35;1-32-21-13-16(33-17-7-6-12-26-14-17)10-11-19(21)29-24-27-15-18(25)23(30-24)28-20-8-4-5-9-22(20)34(2,3)31;1-32-21-15-17(30-13-7-4-8-14-30)11-12-19(21)28-24-26-16-18(25)23(29-24)27-20-9-5-6-10-22(20)33(2,3)31;;;;;;/h4-9,16-17,19H,10-15,18H2,1-3H3,(H,30,37)(H2,31,32,33,34);5-15H,1-4H3,(H2,29,34)(H2,30,31,32,33);4-15H,1-3H3,(H2,27,28,29,30);5-6,9-12,15-16H,4,7-8,13-14H2,1-3H3,(H2,26,27,28,29);6*1H4. The largest absolute Gasteiger partial charge is 0.495 e. The number of piperazine rings is 1. The summed E-state index contributed by atoms with van der Waals surface area (Å²) in [6.45, 7) is 21.9. The van der Waals surface area contributed by atoms with E-state index in [-0.39, 0.29) is 50.5 Å². The summed E-state index contributed by atoms with van der Waals surface area (Å²) >= 11 is 25.5. The summed E-state index contributed by atoms with van der Waals surface area (Å²) in [6.07, 6.45) is 15.1. The molecule has 0 aliphatic carbocycles. The van der Waals surface area contributed by atoms with Gasteiger partial charge < -0.3 is 105 Å². The summed E-state index contributed by atoms with van der Waals surface area (Å²) in [5.74, 6) is 6.29. The summed E-state index contributed by atoms with van der Waals surface area (Å²) in [4.78, 5) is 69.7. The van der Waals surface area contributed by atoms with E-state index in [0.717, 1.165) is 108 Å². The fourth-order valence-electron chi connectivity index (χ4n) is 16.3. The first-order valence-electron chi connectivity index (χ1n) is 46.0. The van der Waals surface area contributed by atoms with Gasteiger partial charge in [-0.3, -0.25) is 19.5 Å². The molecule has 3 aliphatic rings. The van der Waals surface area contributed by atoms with Crippen molar-refractivity contribution in [1.29, 1.82) is 0 Å². The van der Waals surface area contributed by atoms with E-state index < -0.39 is 34.5 Å². The maximum atomic E-state index is 12.8. The summed E-state index contributed by atoms with van der Waals surface area (Å²) in [7, 11) is -3.62. The van der Waals surface area contributed by atoms with Crippen LogP contribution in [0.15, 0.2) is 237 Å². The number of aryl methyl sites for hydroxylation is 1. The summed E-state index contributed by atoms with van der Waals surface area (Å²) in [6, 6.07) is 62.1. The Labute approximate surface area is 901 Å². The van der Waals surface area contributed by atoms with Crippen molar-refractivity contribution >= 4 is 212 Å². The van der Waals surface area contributed by atoms with Crippen LogP contribution >= 0.6 is 75.0 Å². The molecule has 41 heteroatoms. The highest BCUT2D eigenvalue weighted by molar-refractivity contribution is 7.71. The summed E-state index contributed by atoms with van der Waals surface area (Å²) < 4.78 is 79.2. The van der Waals surface area contributed by atoms with Gasteiger partial charge in [-0.25, -0.2) is 19.9 Å². The fourth-order valence-corrected chi connectivity index (χ4v) is 21.5. The van der Waals surface area contributed by atoms with Crippen molar-refractivity contribution in [2.24, 2.45) is 5.73 Å². The third-order valence-corrected chi connectivity index (χ3v) is 30.8. The Morgan fingerprint density at radius 1 is 0.393 bits per heavy atom. The zero-order chi connectivity index (χ0) is 103. The van der Waals surface area contributed by atoms with Gasteiger partial charge in [-0.05, 0) is 230 Å². The highest BCUT2D eigenvalue weighted by Gasteiger charge is 2.31. The fraction of sp³-hybridized carbons (Fsp3) is 0.294. The third kappa shape index (κ3) is 32.5. The van der Waals surface area contributed by atoms with Crippen LogP contribution in [-0.2, 0) is 23.1 Å². The average molecular weight is 2200 g/mol. The lowest BCUT2D eigenvalue weighted by Crippen LogP contribution is -2.54. The van der Waals surface area contributed by atoms with E-state index in [1.807, 2.05) is 159 Å². The molecule has 0 unspecified atom stereocenters. The van der Waals surface area contributed by atoms with Gasteiger partial charge in [0.15, 0.2) is 23.3 Å². The van der Waals surface area contributed by atoms with E-state index in [1.54, 1.807) is 131 Å². The molecule has 798 valence electrons. The number of rotatable bonds is 31. The zero-order valence-corrected chi connectivity index (χ0v) is 88.4. The van der Waals surface area contributed by atoms with E-state index in [2.05, 4.69) is 120 Å². The average Bonchev–Trinajstić information content (AvgIpc) is 0.797. The number of hydrogen-bond donors (Lipinski definition) is 10. The second-order valence-electron chi connectivity index (χ2n) is 35.4. The van der Waals surface area contributed by atoms with Crippen molar-refractivity contribution in [3.8, 4) is 45.6 Å². The minimum absolute atomic E-state index is 0. The molecule has 33 nitrogen and oxygen atoms in total. The van der Waals surface area contributed by atoms with Crippen molar-refractivity contribution in [3.63, 3.8) is 0 Å². The molecule has 11 N–H and O–H groups in total. The molecule has 8 heterocycles. The normalized spacial score (nSPS) is 12.9. The molecule has 3 saturated heterocycles. The van der Waals surface area contributed by atoms with Crippen LogP contribution in [0.2, 0.25) is 20.1 Å². The van der Waals surface area contributed by atoms with Crippen molar-refractivity contribution in [2.45, 2.75) is 89.6 Å². The van der Waals surface area contributed by atoms with Crippen LogP contribution in [-0.4, -0.2) is 195 Å². The van der Waals surface area contributed by atoms with Crippen LogP contribution < -0.4 is 108 Å². The van der Waals surface area contributed by atoms with Gasteiger partial charge in [0.2, 0.25) is 35.6 Å². The lowest BCUT2D eigenvalue weighted by Gasteiger charge is -2.40. The van der Waals surface area contributed by atoms with E-state index in [0.29, 0.717) is 159 Å². The molecule has 14 aromatic rings. The molecule has 5 aromatic heterocycles. The Morgan fingerprint density at radius 2 is 0.753 bits per heavy atom. The predicted octanol–water partition coefficient (Wildman–Crippen LogP) is 26.0. The molecule has 150 heavy (non-hydrogen) atoms. The van der Waals surface area contributed by atoms with Gasteiger partial charge in [-0.2, -0.15) is 19.9 Å². The predicted molar refractivity (Wildman–Crippen MR) is 628 cm³/mol. The Morgan fingerprint density at radius 3 is 1.11 bits per heavy atom. The monoisotopic (exact) mass is 2190 g/mol. The molecule has 0 spiro atoms. The molecule has 0 atom stereocenters. The summed E-state index contributed by atoms with van der Waals surface area (Å²) in [5.41, 5.74) is 16.4. The Balaban J connectivity index is 0.000000241. The number of primary amides is 1. The number of anilines is 18. The van der Waals surface area contributed by atoms with Gasteiger partial charge in [0.05, 0.1) is 111 Å². The number of aromatic nitrogens is 9. The van der Waals surface area contributed by atoms with Crippen LogP contribution in [0.3, 0.4) is 0 Å². The number of nitrogens with two attached hydrogens (primary N) is 1. The number of ether oxygens (including phenoxy) is 5. The zero-order valence-electron chi connectivity index (χ0n) is 81.8. The molecule has 3 aliphatic heterocycles. The maximum Gasteiger partial charge on any atom is 0.248 e. The smallest absolute Gasteiger partial charge is 0.248 e. The van der Waals surface area contributed by atoms with Crippen molar-refractivity contribution < 1.29 is 51.5 Å². The highest BCUT2D eigenvalue weighted by atomic mass is 35.5. The molecule has 2 amide bonds. The molecule has 17 rings (SSSR count). The van der Waals surface area contributed by atoms with Crippen LogP contribution in [0.5, 0.6) is 34.5 Å². The minimum atomic E-state index is -2.53. The van der Waals surface area contributed by atoms with Crippen LogP contribution in [0, 0.1) is 6.92 Å². The van der Waals surface area contributed by atoms with Gasteiger partial charge in [-0.15, -0.1) is 0 Å². The van der Waals surface area contributed by atoms with Gasteiger partial charge in [0.1, 0.15) is 83.2 Å². The number of halogens is 4. The van der Waals surface area contributed by atoms with Gasteiger partial charge in [0.25, 0.3) is 0 Å². The number of hydrogen-bond acceptors (Lipinski definition) is 31. The molecular weight excluding hydrogens is 2060 g/mol. The van der Waals surface area contributed by atoms with Gasteiger partial charge >= 0.3 is 0 Å². The molecule has 0 radical (unpaired) electrons. The maximum absolute atomic E-state index is 12.8. The molecular formula is C109H138Cl4N22O11P4. The highest BCUT2D eigenvalue weighted by Crippen LogP contribution is 2.46. The Hall–Kier alpha value is -13.6. The van der Waals surface area contributed by atoms with E-state index in [4.69, 9.17) is 75.8 Å². The number of nitrogens with zero attached hydrogens (tertiary/aromatic N) is 12. The Bertz CT molecular complexity index is 7140. The number of amides is 2.